The van der Waals surface area contributed by atoms with E-state index < -0.39 is 46.8 Å². The number of hydrogen-bond donors (Lipinski definition) is 1. The van der Waals surface area contributed by atoms with Gasteiger partial charge in [0.05, 0.1) is 23.1 Å². The van der Waals surface area contributed by atoms with E-state index in [-0.39, 0.29) is 6.07 Å². The zero-order valence-electron chi connectivity index (χ0n) is 10.2. The predicted octanol–water partition coefficient (Wildman–Crippen LogP) is 3.31. The number of ketones is 1. The lowest BCUT2D eigenvalue weighted by Crippen LogP contribution is -2.20. The van der Waals surface area contributed by atoms with Crippen molar-refractivity contribution >= 4 is 5.78 Å². The molecular weight excluding hydrogens is 302 g/mol. The van der Waals surface area contributed by atoms with Crippen LogP contribution in [0.5, 0.6) is 0 Å². The van der Waals surface area contributed by atoms with Crippen molar-refractivity contribution in [2.24, 2.45) is 0 Å². The van der Waals surface area contributed by atoms with Gasteiger partial charge in [0, 0.05) is 0 Å². The van der Waals surface area contributed by atoms with E-state index in [4.69, 9.17) is 0 Å². The van der Waals surface area contributed by atoms with Crippen molar-refractivity contribution in [1.29, 1.82) is 0 Å². The first kappa shape index (κ1) is 15.6. The van der Waals surface area contributed by atoms with E-state index in [2.05, 4.69) is 0 Å². The molecule has 1 N–H and O–H groups in total. The Labute approximate surface area is 114 Å². The third-order valence-electron chi connectivity index (χ3n) is 3.07. The number of aliphatic hydroxyl groups excluding tert-OH is 1. The van der Waals surface area contributed by atoms with Gasteiger partial charge in [-0.25, -0.2) is 0 Å². The van der Waals surface area contributed by atoms with E-state index in [0.717, 1.165) is 12.2 Å². The van der Waals surface area contributed by atoms with Crippen LogP contribution in [0.3, 0.4) is 0 Å². The van der Waals surface area contributed by atoms with Gasteiger partial charge in [0.1, 0.15) is 0 Å². The van der Waals surface area contributed by atoms with E-state index >= 15 is 0 Å². The van der Waals surface area contributed by atoms with Gasteiger partial charge in [-0.15, -0.1) is 0 Å². The van der Waals surface area contributed by atoms with E-state index in [9.17, 15) is 36.2 Å². The molecule has 8 heteroatoms. The summed E-state index contributed by atoms with van der Waals surface area (Å²) in [5.74, 6) is -2.19. The number of hydrogen-bond acceptors (Lipinski definition) is 2. The summed E-state index contributed by atoms with van der Waals surface area (Å²) < 4.78 is 76.1. The highest BCUT2D eigenvalue weighted by atomic mass is 19.4. The molecule has 2 nitrogen and oxygen atoms in total. The average Bonchev–Trinajstić information content (AvgIpc) is 2.66. The molecular formula is C13H8F6O2. The highest BCUT2D eigenvalue weighted by Crippen LogP contribution is 2.39. The van der Waals surface area contributed by atoms with Gasteiger partial charge in [-0.05, 0) is 29.8 Å². The fourth-order valence-corrected chi connectivity index (χ4v) is 2.10. The van der Waals surface area contributed by atoms with Gasteiger partial charge >= 0.3 is 12.4 Å². The van der Waals surface area contributed by atoms with Crippen molar-refractivity contribution < 1.29 is 36.2 Å². The third kappa shape index (κ3) is 3.10. The molecule has 2 atom stereocenters. The van der Waals surface area contributed by atoms with E-state index in [1.165, 1.54) is 0 Å². The van der Waals surface area contributed by atoms with Crippen molar-refractivity contribution in [3.8, 4) is 0 Å². The number of rotatable bonds is 1. The Hall–Kier alpha value is -1.83. The van der Waals surface area contributed by atoms with Gasteiger partial charge in [0.15, 0.2) is 5.78 Å². The Balaban J connectivity index is 2.59. The summed E-state index contributed by atoms with van der Waals surface area (Å²) in [6.07, 6.45) is -9.46. The van der Waals surface area contributed by atoms with Crippen molar-refractivity contribution in [2.75, 3.05) is 0 Å². The van der Waals surface area contributed by atoms with Crippen LogP contribution < -0.4 is 0 Å². The van der Waals surface area contributed by atoms with E-state index in [1.54, 1.807) is 0 Å². The molecule has 1 aromatic rings. The molecule has 1 aliphatic carbocycles. The number of carbonyl (C=O) groups excluding carboxylic acids is 1. The van der Waals surface area contributed by atoms with Crippen LogP contribution in [0.1, 0.15) is 22.6 Å². The number of aliphatic hydroxyl groups is 1. The van der Waals surface area contributed by atoms with Gasteiger partial charge in [0.25, 0.3) is 0 Å². The molecule has 0 fully saturated rings. The van der Waals surface area contributed by atoms with Gasteiger partial charge in [-0.3, -0.25) is 4.79 Å². The molecule has 0 spiro atoms. The number of halogens is 6. The second-order valence-corrected chi connectivity index (χ2v) is 4.57. The molecule has 1 aromatic carbocycles. The highest BCUT2D eigenvalue weighted by Gasteiger charge is 2.39. The number of carbonyl (C=O) groups is 1. The second kappa shape index (κ2) is 4.87. The summed E-state index contributed by atoms with van der Waals surface area (Å²) in [6, 6.07) is 0.880. The van der Waals surface area contributed by atoms with Gasteiger partial charge in [-0.1, -0.05) is 6.08 Å². The maximum Gasteiger partial charge on any atom is 0.416 e. The lowest BCUT2D eigenvalue weighted by atomic mass is 9.91. The first-order valence-corrected chi connectivity index (χ1v) is 5.69. The van der Waals surface area contributed by atoms with E-state index in [0.29, 0.717) is 12.1 Å². The Kier molecular flexibility index (Phi) is 3.61. The minimum atomic E-state index is -4.99. The van der Waals surface area contributed by atoms with Gasteiger partial charge < -0.3 is 5.11 Å². The summed E-state index contributed by atoms with van der Waals surface area (Å²) in [7, 11) is 0. The van der Waals surface area contributed by atoms with Crippen LogP contribution in [0.2, 0.25) is 0 Å². The topological polar surface area (TPSA) is 37.3 Å². The zero-order valence-corrected chi connectivity index (χ0v) is 10.2. The fraction of sp³-hybridized carbons (Fsp3) is 0.308. The first-order valence-electron chi connectivity index (χ1n) is 5.69. The molecule has 1 unspecified atom stereocenters. The van der Waals surface area contributed by atoms with E-state index in [1.807, 2.05) is 0 Å². The fourth-order valence-electron chi connectivity index (χ4n) is 2.10. The van der Waals surface area contributed by atoms with Crippen LogP contribution in [0.25, 0.3) is 0 Å². The molecule has 0 aliphatic heterocycles. The molecule has 0 aromatic heterocycles. The Morgan fingerprint density at radius 1 is 0.905 bits per heavy atom. The van der Waals surface area contributed by atoms with Crippen LogP contribution in [-0.4, -0.2) is 17.0 Å². The molecule has 0 saturated heterocycles. The largest absolute Gasteiger partial charge is 0.416 e. The second-order valence-electron chi connectivity index (χ2n) is 4.57. The van der Waals surface area contributed by atoms with Crippen molar-refractivity contribution in [3.05, 3.63) is 47.0 Å². The Morgan fingerprint density at radius 2 is 1.38 bits per heavy atom. The smallest absolute Gasteiger partial charge is 0.388 e. The van der Waals surface area contributed by atoms with Crippen LogP contribution in [0.4, 0.5) is 26.3 Å². The van der Waals surface area contributed by atoms with Crippen molar-refractivity contribution in [1.82, 2.24) is 0 Å². The Morgan fingerprint density at radius 3 is 1.71 bits per heavy atom. The normalized spacial score (nSPS) is 22.9. The number of alkyl halides is 6. The molecule has 0 saturated carbocycles. The molecule has 1 aliphatic rings. The average molecular weight is 310 g/mol. The molecule has 0 amide bonds. The number of benzene rings is 1. The summed E-state index contributed by atoms with van der Waals surface area (Å²) in [4.78, 5) is 11.5. The minimum absolute atomic E-state index is 0.0251. The lowest BCUT2D eigenvalue weighted by Gasteiger charge is -2.18. The first-order chi connectivity index (χ1) is 9.50. The van der Waals surface area contributed by atoms with Gasteiger partial charge in [0.2, 0.25) is 0 Å². The maximum absolute atomic E-state index is 12.7. The summed E-state index contributed by atoms with van der Waals surface area (Å²) in [5.41, 5.74) is -3.54. The molecule has 21 heavy (non-hydrogen) atoms. The van der Waals surface area contributed by atoms with Gasteiger partial charge in [-0.2, -0.15) is 26.3 Å². The molecule has 0 radical (unpaired) electrons. The molecule has 2 rings (SSSR count). The Bertz CT molecular complexity index is 567. The maximum atomic E-state index is 12.7. The minimum Gasteiger partial charge on any atom is -0.388 e. The summed E-state index contributed by atoms with van der Waals surface area (Å²) in [6.45, 7) is 0. The number of allylic oxidation sites excluding steroid dienone is 1. The molecule has 0 heterocycles. The highest BCUT2D eigenvalue weighted by molar-refractivity contribution is 5.98. The van der Waals surface area contributed by atoms with Crippen LogP contribution in [0, 0.1) is 0 Å². The van der Waals surface area contributed by atoms with Crippen LogP contribution in [0.15, 0.2) is 30.4 Å². The lowest BCUT2D eigenvalue weighted by molar-refractivity contribution is -0.143. The summed E-state index contributed by atoms with van der Waals surface area (Å²) >= 11 is 0. The van der Waals surface area contributed by atoms with Crippen molar-refractivity contribution in [2.45, 2.75) is 24.4 Å². The zero-order chi connectivity index (χ0) is 16.0. The molecule has 0 bridgehead atoms. The quantitative estimate of drug-likeness (QED) is 0.808. The molecule has 114 valence electrons. The van der Waals surface area contributed by atoms with Crippen LogP contribution >= 0.6 is 0 Å². The standard InChI is InChI=1S/C13H8F6O2/c14-12(15,16)7-3-6(4-8(5-7)13(17,18)19)11-9(20)1-2-10(11)21/h1-5,9,11,20H/t9-,11?/m0/s1. The van der Waals surface area contributed by atoms with Crippen LogP contribution in [-0.2, 0) is 17.1 Å². The third-order valence-corrected chi connectivity index (χ3v) is 3.07. The summed E-state index contributed by atoms with van der Waals surface area (Å²) in [5, 5.41) is 9.53. The van der Waals surface area contributed by atoms with Crippen molar-refractivity contribution in [3.63, 3.8) is 0 Å². The predicted molar refractivity (Wildman–Crippen MR) is 59.3 cm³/mol. The monoisotopic (exact) mass is 310 g/mol. The SMILES string of the molecule is O=C1C=C[C@H](O)C1c1cc(C(F)(F)F)cc(C(F)(F)F)c1.